The lowest BCUT2D eigenvalue weighted by molar-refractivity contribution is -0.127. The first-order valence-electron chi connectivity index (χ1n) is 11.1. The lowest BCUT2D eigenvalue weighted by Crippen LogP contribution is -2.47. The van der Waals surface area contributed by atoms with Crippen LogP contribution in [0.4, 0.5) is 4.39 Å². The summed E-state index contributed by atoms with van der Waals surface area (Å²) in [5.74, 6) is -1.02. The highest BCUT2D eigenvalue weighted by Crippen LogP contribution is 2.35. The van der Waals surface area contributed by atoms with E-state index in [4.69, 9.17) is 11.6 Å². The number of piperidine rings is 1. The van der Waals surface area contributed by atoms with Crippen molar-refractivity contribution in [3.63, 3.8) is 0 Å². The number of hydrogen-bond acceptors (Lipinski definition) is 2. The molecule has 33 heavy (non-hydrogen) atoms. The number of halogens is 2. The quantitative estimate of drug-likeness (QED) is 0.526. The number of nitrogens with one attached hydrogen (secondary N) is 1. The van der Waals surface area contributed by atoms with Crippen molar-refractivity contribution >= 4 is 23.4 Å². The van der Waals surface area contributed by atoms with Crippen molar-refractivity contribution < 1.29 is 14.0 Å². The normalized spacial score (nSPS) is 18.1. The van der Waals surface area contributed by atoms with E-state index < -0.39 is 0 Å². The Morgan fingerprint density at radius 3 is 2.52 bits per heavy atom. The molecule has 1 N–H and O–H groups in total. The highest BCUT2D eigenvalue weighted by Gasteiger charge is 2.36. The predicted molar refractivity (Wildman–Crippen MR) is 127 cm³/mol. The van der Waals surface area contributed by atoms with E-state index in [1.807, 2.05) is 25.1 Å². The lowest BCUT2D eigenvalue weighted by atomic mass is 9.87. The summed E-state index contributed by atoms with van der Waals surface area (Å²) in [6.07, 6.45) is 1.31. The van der Waals surface area contributed by atoms with Crippen molar-refractivity contribution in [2.75, 3.05) is 6.54 Å². The average molecular weight is 465 g/mol. The SMILES string of the molecule is Cc1cccc([C@H]2CC[C@H](C(=O)NCc3ccccc3F)CN2C(=O)c2ccc(Cl)cc2)c1. The molecule has 170 valence electrons. The van der Waals surface area contributed by atoms with Crippen molar-refractivity contribution in [2.24, 2.45) is 5.92 Å². The standard InChI is InChI=1S/C27H26ClFN2O2/c1-18-5-4-7-20(15-18)25-14-11-22(26(32)30-16-21-6-2-3-8-24(21)29)17-31(25)27(33)19-9-12-23(28)13-10-19/h2-10,12-13,15,22,25H,11,14,16-17H2,1H3,(H,30,32)/t22-,25+/m0/s1. The van der Waals surface area contributed by atoms with Crippen LogP contribution in [0.5, 0.6) is 0 Å². The molecule has 2 amide bonds. The van der Waals surface area contributed by atoms with Crippen LogP contribution in [0.1, 0.15) is 45.9 Å². The van der Waals surface area contributed by atoms with Crippen molar-refractivity contribution in [3.05, 3.63) is 106 Å². The first-order valence-corrected chi connectivity index (χ1v) is 11.4. The molecule has 1 fully saturated rings. The van der Waals surface area contributed by atoms with Crippen molar-refractivity contribution in [1.82, 2.24) is 10.2 Å². The maximum Gasteiger partial charge on any atom is 0.254 e. The van der Waals surface area contributed by atoms with Crippen molar-refractivity contribution in [2.45, 2.75) is 32.4 Å². The van der Waals surface area contributed by atoms with Gasteiger partial charge >= 0.3 is 0 Å². The number of benzene rings is 3. The Kier molecular flexibility index (Phi) is 7.09. The molecule has 1 heterocycles. The second kappa shape index (κ2) is 10.2. The van der Waals surface area contributed by atoms with E-state index in [9.17, 15) is 14.0 Å². The summed E-state index contributed by atoms with van der Waals surface area (Å²) in [5.41, 5.74) is 3.15. The van der Waals surface area contributed by atoms with E-state index in [2.05, 4.69) is 11.4 Å². The van der Waals surface area contributed by atoms with Gasteiger partial charge in [0.25, 0.3) is 5.91 Å². The molecule has 0 unspecified atom stereocenters. The van der Waals surface area contributed by atoms with E-state index in [1.54, 1.807) is 47.4 Å². The van der Waals surface area contributed by atoms with Gasteiger partial charge in [-0.05, 0) is 55.7 Å². The number of amides is 2. The molecule has 4 rings (SSSR count). The first-order chi connectivity index (χ1) is 15.9. The van der Waals surface area contributed by atoms with Crippen LogP contribution in [-0.2, 0) is 11.3 Å². The van der Waals surface area contributed by atoms with Crippen LogP contribution in [0.3, 0.4) is 0 Å². The maximum atomic E-state index is 13.9. The van der Waals surface area contributed by atoms with E-state index in [0.717, 1.165) is 11.1 Å². The topological polar surface area (TPSA) is 49.4 Å². The number of likely N-dealkylation sites (tertiary alicyclic amines) is 1. The van der Waals surface area contributed by atoms with Gasteiger partial charge in [0.1, 0.15) is 5.82 Å². The van der Waals surface area contributed by atoms with Crippen LogP contribution < -0.4 is 5.32 Å². The molecule has 0 bridgehead atoms. The van der Waals surface area contributed by atoms with Crippen LogP contribution >= 0.6 is 11.6 Å². The largest absolute Gasteiger partial charge is 0.352 e. The number of carbonyl (C=O) groups is 2. The monoisotopic (exact) mass is 464 g/mol. The Morgan fingerprint density at radius 2 is 1.79 bits per heavy atom. The summed E-state index contributed by atoms with van der Waals surface area (Å²) < 4.78 is 13.9. The molecule has 3 aromatic rings. The van der Waals surface area contributed by atoms with Gasteiger partial charge in [-0.15, -0.1) is 0 Å². The van der Waals surface area contributed by atoms with Crippen LogP contribution in [0.2, 0.25) is 5.02 Å². The third-order valence-electron chi connectivity index (χ3n) is 6.14. The first kappa shape index (κ1) is 23.0. The Labute approximate surface area is 198 Å². The Balaban J connectivity index is 1.54. The third kappa shape index (κ3) is 5.42. The van der Waals surface area contributed by atoms with Crippen molar-refractivity contribution in [1.29, 1.82) is 0 Å². The zero-order valence-corrected chi connectivity index (χ0v) is 19.2. The van der Waals surface area contributed by atoms with Crippen LogP contribution in [0.15, 0.2) is 72.8 Å². The number of nitrogens with zero attached hydrogens (tertiary/aromatic N) is 1. The van der Waals surface area contributed by atoms with Gasteiger partial charge < -0.3 is 10.2 Å². The van der Waals surface area contributed by atoms with E-state index >= 15 is 0 Å². The molecule has 1 saturated heterocycles. The summed E-state index contributed by atoms with van der Waals surface area (Å²) in [6.45, 7) is 2.44. The van der Waals surface area contributed by atoms with Gasteiger partial charge in [0.05, 0.1) is 12.0 Å². The Hall–Kier alpha value is -3.18. The van der Waals surface area contributed by atoms with Crippen LogP contribution in [0, 0.1) is 18.7 Å². The number of aryl methyl sites for hydroxylation is 1. The second-order valence-corrected chi connectivity index (χ2v) is 8.91. The molecular weight excluding hydrogens is 439 g/mol. The van der Waals surface area contributed by atoms with Gasteiger partial charge in [-0.1, -0.05) is 59.6 Å². The van der Waals surface area contributed by atoms with Crippen LogP contribution in [0.25, 0.3) is 0 Å². The highest BCUT2D eigenvalue weighted by atomic mass is 35.5. The fourth-order valence-electron chi connectivity index (χ4n) is 4.36. The molecule has 6 heteroatoms. The van der Waals surface area contributed by atoms with Crippen LogP contribution in [-0.4, -0.2) is 23.3 Å². The van der Waals surface area contributed by atoms with Gasteiger partial charge in [-0.3, -0.25) is 9.59 Å². The highest BCUT2D eigenvalue weighted by molar-refractivity contribution is 6.30. The lowest BCUT2D eigenvalue weighted by Gasteiger charge is -2.39. The molecule has 2 atom stereocenters. The number of rotatable bonds is 5. The van der Waals surface area contributed by atoms with E-state index in [1.165, 1.54) is 6.07 Å². The molecule has 0 aromatic heterocycles. The molecule has 1 aliphatic heterocycles. The molecule has 0 radical (unpaired) electrons. The average Bonchev–Trinajstić information content (AvgIpc) is 2.83. The van der Waals surface area contributed by atoms with Gasteiger partial charge in [-0.25, -0.2) is 4.39 Å². The second-order valence-electron chi connectivity index (χ2n) is 8.48. The minimum atomic E-state index is -0.367. The van der Waals surface area contributed by atoms with Gasteiger partial charge in [0.15, 0.2) is 0 Å². The van der Waals surface area contributed by atoms with Gasteiger partial charge in [0, 0.05) is 29.2 Å². The maximum absolute atomic E-state index is 13.9. The minimum absolute atomic E-state index is 0.119. The number of carbonyl (C=O) groups excluding carboxylic acids is 2. The molecule has 0 spiro atoms. The molecule has 0 aliphatic carbocycles. The smallest absolute Gasteiger partial charge is 0.254 e. The zero-order valence-electron chi connectivity index (χ0n) is 18.4. The molecular formula is C27H26ClFN2O2. The van der Waals surface area contributed by atoms with Crippen molar-refractivity contribution in [3.8, 4) is 0 Å². The van der Waals surface area contributed by atoms with Gasteiger partial charge in [-0.2, -0.15) is 0 Å². The fraction of sp³-hybridized carbons (Fsp3) is 0.259. The summed E-state index contributed by atoms with van der Waals surface area (Å²) in [4.78, 5) is 28.2. The summed E-state index contributed by atoms with van der Waals surface area (Å²) in [7, 11) is 0. The summed E-state index contributed by atoms with van der Waals surface area (Å²) in [6, 6.07) is 21.2. The minimum Gasteiger partial charge on any atom is -0.352 e. The molecule has 3 aromatic carbocycles. The predicted octanol–water partition coefficient (Wildman–Crippen LogP) is 5.70. The third-order valence-corrected chi connectivity index (χ3v) is 6.39. The Bertz CT molecular complexity index is 1150. The van der Waals surface area contributed by atoms with E-state index in [-0.39, 0.29) is 36.1 Å². The molecule has 4 nitrogen and oxygen atoms in total. The zero-order chi connectivity index (χ0) is 23.4. The summed E-state index contributed by atoms with van der Waals surface area (Å²) in [5, 5.41) is 3.41. The number of hydrogen-bond donors (Lipinski definition) is 1. The molecule has 1 aliphatic rings. The van der Waals surface area contributed by atoms with Gasteiger partial charge in [0.2, 0.25) is 5.91 Å². The molecule has 0 saturated carbocycles. The summed E-state index contributed by atoms with van der Waals surface area (Å²) >= 11 is 6.00. The Morgan fingerprint density at radius 1 is 1.03 bits per heavy atom. The van der Waals surface area contributed by atoms with E-state index in [0.29, 0.717) is 35.5 Å². The fourth-order valence-corrected chi connectivity index (χ4v) is 4.49.